The first-order chi connectivity index (χ1) is 8.78. The second-order valence-corrected chi connectivity index (χ2v) is 4.83. The molecule has 0 saturated heterocycles. The molecule has 1 aromatic carbocycles. The number of hydrogen-bond donors (Lipinski definition) is 1. The van der Waals surface area contributed by atoms with Crippen molar-refractivity contribution >= 4 is 16.9 Å². The van der Waals surface area contributed by atoms with E-state index in [2.05, 4.69) is 9.97 Å². The molecular formula is C14H17N3O. The first kappa shape index (κ1) is 11.3. The lowest BCUT2D eigenvalue weighted by molar-refractivity contribution is 0.415. The van der Waals surface area contributed by atoms with Gasteiger partial charge in [-0.25, -0.2) is 9.97 Å². The van der Waals surface area contributed by atoms with E-state index in [1.807, 2.05) is 18.2 Å². The molecule has 94 valence electrons. The molecule has 3 rings (SSSR count). The maximum Gasteiger partial charge on any atom is 0.220 e. The van der Waals surface area contributed by atoms with Gasteiger partial charge in [-0.1, -0.05) is 12.8 Å². The van der Waals surface area contributed by atoms with Crippen LogP contribution in [0.25, 0.3) is 10.9 Å². The van der Waals surface area contributed by atoms with E-state index in [0.29, 0.717) is 11.9 Å². The minimum Gasteiger partial charge on any atom is -0.497 e. The second-order valence-electron chi connectivity index (χ2n) is 4.83. The topological polar surface area (TPSA) is 61.0 Å². The Morgan fingerprint density at radius 2 is 2.00 bits per heavy atom. The zero-order chi connectivity index (χ0) is 12.5. The van der Waals surface area contributed by atoms with Crippen LogP contribution < -0.4 is 10.5 Å². The Labute approximate surface area is 106 Å². The van der Waals surface area contributed by atoms with E-state index < -0.39 is 0 Å². The number of fused-ring (bicyclic) bond motifs is 1. The molecule has 0 radical (unpaired) electrons. The van der Waals surface area contributed by atoms with E-state index in [0.717, 1.165) is 22.3 Å². The fraction of sp³-hybridized carbons (Fsp3) is 0.429. The average Bonchev–Trinajstić information content (AvgIpc) is 2.90. The number of aromatic nitrogens is 2. The van der Waals surface area contributed by atoms with Crippen LogP contribution in [0.2, 0.25) is 0 Å². The van der Waals surface area contributed by atoms with Crippen molar-refractivity contribution in [2.45, 2.75) is 31.6 Å². The molecule has 0 unspecified atom stereocenters. The molecule has 4 nitrogen and oxygen atoms in total. The summed E-state index contributed by atoms with van der Waals surface area (Å²) in [5, 5.41) is 1.11. The molecule has 1 saturated carbocycles. The number of ether oxygens (including phenoxy) is 1. The van der Waals surface area contributed by atoms with Crippen molar-refractivity contribution in [1.29, 1.82) is 0 Å². The number of methoxy groups -OCH3 is 1. The van der Waals surface area contributed by atoms with Crippen LogP contribution in [-0.4, -0.2) is 17.1 Å². The highest BCUT2D eigenvalue weighted by atomic mass is 16.5. The van der Waals surface area contributed by atoms with Crippen molar-refractivity contribution < 1.29 is 4.74 Å². The van der Waals surface area contributed by atoms with E-state index in [1.165, 1.54) is 25.7 Å². The number of nitrogens with zero attached hydrogens (tertiary/aromatic N) is 2. The number of benzene rings is 1. The molecule has 4 heteroatoms. The Hall–Kier alpha value is -1.84. The molecule has 1 fully saturated rings. The van der Waals surface area contributed by atoms with Gasteiger partial charge < -0.3 is 10.5 Å². The monoisotopic (exact) mass is 243 g/mol. The lowest BCUT2D eigenvalue weighted by atomic mass is 9.99. The first-order valence-electron chi connectivity index (χ1n) is 6.39. The highest BCUT2D eigenvalue weighted by molar-refractivity contribution is 5.83. The lowest BCUT2D eigenvalue weighted by Gasteiger charge is -2.12. The zero-order valence-electron chi connectivity index (χ0n) is 10.5. The van der Waals surface area contributed by atoms with Gasteiger partial charge in [0.15, 0.2) is 0 Å². The van der Waals surface area contributed by atoms with Gasteiger partial charge in [0.25, 0.3) is 0 Å². The van der Waals surface area contributed by atoms with E-state index in [4.69, 9.17) is 10.5 Å². The molecule has 0 atom stereocenters. The highest BCUT2D eigenvalue weighted by Gasteiger charge is 2.21. The van der Waals surface area contributed by atoms with Crippen molar-refractivity contribution in [1.82, 2.24) is 9.97 Å². The van der Waals surface area contributed by atoms with Crippen LogP contribution in [0.15, 0.2) is 18.2 Å². The fourth-order valence-corrected chi connectivity index (χ4v) is 2.79. The Bertz CT molecular complexity index is 577. The Morgan fingerprint density at radius 3 is 2.72 bits per heavy atom. The molecule has 0 bridgehead atoms. The average molecular weight is 243 g/mol. The molecule has 0 amide bonds. The predicted molar refractivity (Wildman–Crippen MR) is 71.7 cm³/mol. The zero-order valence-corrected chi connectivity index (χ0v) is 10.5. The molecule has 18 heavy (non-hydrogen) atoms. The molecule has 2 aromatic rings. The van der Waals surface area contributed by atoms with Crippen LogP contribution in [-0.2, 0) is 0 Å². The Kier molecular flexibility index (Phi) is 2.78. The van der Waals surface area contributed by atoms with Gasteiger partial charge in [-0.2, -0.15) is 0 Å². The maximum absolute atomic E-state index is 5.82. The summed E-state index contributed by atoms with van der Waals surface area (Å²) in [5.74, 6) is 1.70. The van der Waals surface area contributed by atoms with Gasteiger partial charge in [0.1, 0.15) is 5.75 Å². The fourth-order valence-electron chi connectivity index (χ4n) is 2.79. The molecule has 2 N–H and O–H groups in total. The van der Waals surface area contributed by atoms with Crippen molar-refractivity contribution in [3.05, 3.63) is 23.9 Å². The summed E-state index contributed by atoms with van der Waals surface area (Å²) in [5.41, 5.74) is 7.81. The quantitative estimate of drug-likeness (QED) is 0.881. The summed E-state index contributed by atoms with van der Waals surface area (Å²) < 4.78 is 5.23. The summed E-state index contributed by atoms with van der Waals surface area (Å²) in [7, 11) is 1.66. The smallest absolute Gasteiger partial charge is 0.220 e. The van der Waals surface area contributed by atoms with Crippen LogP contribution in [0.5, 0.6) is 5.75 Å². The molecule has 1 aliphatic carbocycles. The van der Waals surface area contributed by atoms with Crippen LogP contribution in [0.1, 0.15) is 37.3 Å². The van der Waals surface area contributed by atoms with Gasteiger partial charge in [-0.05, 0) is 25.0 Å². The van der Waals surface area contributed by atoms with Crippen molar-refractivity contribution in [3.63, 3.8) is 0 Å². The maximum atomic E-state index is 5.82. The molecule has 0 spiro atoms. The third kappa shape index (κ3) is 1.88. The number of nitrogens with two attached hydrogens (primary N) is 1. The third-order valence-electron chi connectivity index (χ3n) is 3.69. The van der Waals surface area contributed by atoms with Gasteiger partial charge in [0, 0.05) is 17.4 Å². The first-order valence-corrected chi connectivity index (χ1v) is 6.39. The summed E-state index contributed by atoms with van der Waals surface area (Å²) in [6.07, 6.45) is 4.98. The number of nitrogen functional groups attached to an aromatic ring is 1. The van der Waals surface area contributed by atoms with Crippen LogP contribution >= 0.6 is 0 Å². The largest absolute Gasteiger partial charge is 0.497 e. The highest BCUT2D eigenvalue weighted by Crippen LogP contribution is 2.37. The summed E-state index contributed by atoms with van der Waals surface area (Å²) in [4.78, 5) is 8.77. The predicted octanol–water partition coefficient (Wildman–Crippen LogP) is 2.88. The normalized spacial score (nSPS) is 16.3. The molecule has 0 aliphatic heterocycles. The van der Waals surface area contributed by atoms with Gasteiger partial charge in [0.05, 0.1) is 18.3 Å². The van der Waals surface area contributed by atoms with Gasteiger partial charge in [0.2, 0.25) is 5.95 Å². The minimum absolute atomic E-state index is 0.359. The van der Waals surface area contributed by atoms with Crippen LogP contribution in [0.3, 0.4) is 0 Å². The second kappa shape index (κ2) is 4.44. The van der Waals surface area contributed by atoms with Crippen molar-refractivity contribution in [2.24, 2.45) is 0 Å². The Morgan fingerprint density at radius 1 is 1.22 bits per heavy atom. The molecule has 1 aliphatic rings. The summed E-state index contributed by atoms with van der Waals surface area (Å²) in [6, 6.07) is 5.92. The number of rotatable bonds is 2. The van der Waals surface area contributed by atoms with E-state index >= 15 is 0 Å². The lowest BCUT2D eigenvalue weighted by Crippen LogP contribution is -2.04. The molecule has 1 heterocycles. The standard InChI is InChI=1S/C14H17N3O/c1-18-10-6-7-11-12(8-10)16-14(15)17-13(11)9-4-2-3-5-9/h6-9H,2-5H2,1H3,(H2,15,16,17). The van der Waals surface area contributed by atoms with Crippen molar-refractivity contribution in [3.8, 4) is 5.75 Å². The van der Waals surface area contributed by atoms with Crippen molar-refractivity contribution in [2.75, 3.05) is 12.8 Å². The van der Waals surface area contributed by atoms with E-state index in [-0.39, 0.29) is 0 Å². The summed E-state index contributed by atoms with van der Waals surface area (Å²) >= 11 is 0. The van der Waals surface area contributed by atoms with Gasteiger partial charge in [-0.15, -0.1) is 0 Å². The number of anilines is 1. The Balaban J connectivity index is 2.17. The number of hydrogen-bond acceptors (Lipinski definition) is 4. The minimum atomic E-state index is 0.359. The van der Waals surface area contributed by atoms with E-state index in [1.54, 1.807) is 7.11 Å². The van der Waals surface area contributed by atoms with Gasteiger partial charge >= 0.3 is 0 Å². The van der Waals surface area contributed by atoms with Gasteiger partial charge in [-0.3, -0.25) is 0 Å². The summed E-state index contributed by atoms with van der Waals surface area (Å²) in [6.45, 7) is 0. The van der Waals surface area contributed by atoms with E-state index in [9.17, 15) is 0 Å². The van der Waals surface area contributed by atoms with Crippen LogP contribution in [0, 0.1) is 0 Å². The SMILES string of the molecule is COc1ccc2c(C3CCCC3)nc(N)nc2c1. The third-order valence-corrected chi connectivity index (χ3v) is 3.69. The molecule has 1 aromatic heterocycles. The van der Waals surface area contributed by atoms with Crippen LogP contribution in [0.4, 0.5) is 5.95 Å². The molecular weight excluding hydrogens is 226 g/mol.